The Hall–Kier alpha value is -2.39. The summed E-state index contributed by atoms with van der Waals surface area (Å²) in [6, 6.07) is 16.8. The number of hydroxylamine groups is 2. The average Bonchev–Trinajstić information content (AvgIpc) is 2.66. The third-order valence-corrected chi connectivity index (χ3v) is 2.96. The van der Waals surface area contributed by atoms with Crippen molar-refractivity contribution >= 4 is 17.7 Å². The molecule has 1 heterocycles. The highest BCUT2D eigenvalue weighted by atomic mass is 16.5. The van der Waals surface area contributed by atoms with Crippen LogP contribution in [0.25, 0.3) is 11.8 Å². The van der Waals surface area contributed by atoms with Gasteiger partial charge < -0.3 is 0 Å². The van der Waals surface area contributed by atoms with Crippen LogP contribution in [-0.2, 0) is 0 Å². The Balaban J connectivity index is 2.14. The first kappa shape index (κ1) is 10.7. The number of hydrogen-bond acceptors (Lipinski definition) is 2. The lowest BCUT2D eigenvalue weighted by molar-refractivity contribution is -0.00674. The Morgan fingerprint density at radius 2 is 1.50 bits per heavy atom. The Morgan fingerprint density at radius 1 is 0.889 bits per heavy atom. The molecule has 1 aliphatic rings. The maximum Gasteiger partial charge on any atom is 0.282 e. The van der Waals surface area contributed by atoms with Gasteiger partial charge in [0.05, 0.1) is 11.3 Å². The van der Waals surface area contributed by atoms with Crippen molar-refractivity contribution in [2.24, 2.45) is 0 Å². The highest BCUT2D eigenvalue weighted by molar-refractivity contribution is 6.10. The molecule has 0 spiro atoms. The summed E-state index contributed by atoms with van der Waals surface area (Å²) in [5.74, 6) is -0.382. The van der Waals surface area contributed by atoms with E-state index in [4.69, 9.17) is 0 Å². The highest BCUT2D eigenvalue weighted by Crippen LogP contribution is 2.32. The molecule has 3 nitrogen and oxygen atoms in total. The number of hydrogen-bond donors (Lipinski definition) is 1. The standard InChI is InChI=1S/C15H11NO2/c17-15-13-9-5-4-8-12(13)14(16(15)18)10-11-6-2-1-3-7-11/h1-10,18H. The number of amides is 1. The molecule has 0 atom stereocenters. The lowest BCUT2D eigenvalue weighted by atomic mass is 10.1. The summed E-state index contributed by atoms with van der Waals surface area (Å²) >= 11 is 0. The lowest BCUT2D eigenvalue weighted by Crippen LogP contribution is -2.17. The Kier molecular flexibility index (Phi) is 2.46. The van der Waals surface area contributed by atoms with Gasteiger partial charge in [0.15, 0.2) is 0 Å². The minimum Gasteiger partial charge on any atom is -0.281 e. The molecule has 3 rings (SSSR count). The van der Waals surface area contributed by atoms with E-state index in [1.165, 1.54) is 0 Å². The monoisotopic (exact) mass is 237 g/mol. The van der Waals surface area contributed by atoms with Crippen molar-refractivity contribution in [1.29, 1.82) is 0 Å². The molecule has 1 amide bonds. The normalized spacial score (nSPS) is 16.2. The van der Waals surface area contributed by atoms with E-state index in [9.17, 15) is 10.0 Å². The molecule has 88 valence electrons. The summed E-state index contributed by atoms with van der Waals surface area (Å²) in [4.78, 5) is 11.8. The molecule has 2 aromatic carbocycles. The van der Waals surface area contributed by atoms with Crippen LogP contribution in [0.15, 0.2) is 54.6 Å². The predicted molar refractivity (Wildman–Crippen MR) is 68.7 cm³/mol. The van der Waals surface area contributed by atoms with Gasteiger partial charge in [-0.05, 0) is 17.7 Å². The van der Waals surface area contributed by atoms with Crippen LogP contribution in [0.1, 0.15) is 21.5 Å². The Bertz CT molecular complexity index is 632. The first-order chi connectivity index (χ1) is 8.77. The zero-order chi connectivity index (χ0) is 12.5. The van der Waals surface area contributed by atoms with Gasteiger partial charge in [-0.2, -0.15) is 5.06 Å². The van der Waals surface area contributed by atoms with Crippen molar-refractivity contribution in [2.75, 3.05) is 0 Å². The summed E-state index contributed by atoms with van der Waals surface area (Å²) in [6.45, 7) is 0. The molecule has 0 bridgehead atoms. The summed E-state index contributed by atoms with van der Waals surface area (Å²) in [5.41, 5.74) is 2.74. The molecule has 1 N–H and O–H groups in total. The van der Waals surface area contributed by atoms with Crippen molar-refractivity contribution < 1.29 is 10.0 Å². The van der Waals surface area contributed by atoms with Gasteiger partial charge in [0.25, 0.3) is 5.91 Å². The van der Waals surface area contributed by atoms with E-state index in [-0.39, 0.29) is 5.91 Å². The SMILES string of the molecule is O=C1c2ccccc2C(=Cc2ccccc2)N1O. The van der Waals surface area contributed by atoms with Crippen molar-refractivity contribution in [3.8, 4) is 0 Å². The van der Waals surface area contributed by atoms with Gasteiger partial charge in [0.1, 0.15) is 0 Å². The molecule has 0 aliphatic carbocycles. The smallest absolute Gasteiger partial charge is 0.281 e. The van der Waals surface area contributed by atoms with Crippen LogP contribution in [0.3, 0.4) is 0 Å². The Labute approximate surface area is 105 Å². The summed E-state index contributed by atoms with van der Waals surface area (Å²) in [5, 5.41) is 10.6. The second-order valence-electron chi connectivity index (χ2n) is 4.10. The van der Waals surface area contributed by atoms with E-state index in [0.29, 0.717) is 16.3 Å². The molecule has 0 unspecified atom stereocenters. The van der Waals surface area contributed by atoms with E-state index in [0.717, 1.165) is 11.1 Å². The fourth-order valence-electron chi connectivity index (χ4n) is 2.08. The van der Waals surface area contributed by atoms with Crippen LogP contribution >= 0.6 is 0 Å². The minimum absolute atomic E-state index is 0.382. The number of benzene rings is 2. The lowest BCUT2D eigenvalue weighted by Gasteiger charge is -2.08. The highest BCUT2D eigenvalue weighted by Gasteiger charge is 2.30. The molecule has 2 aromatic rings. The van der Waals surface area contributed by atoms with Gasteiger partial charge in [-0.15, -0.1) is 0 Å². The van der Waals surface area contributed by atoms with Gasteiger partial charge in [-0.1, -0.05) is 48.5 Å². The third kappa shape index (κ3) is 1.61. The van der Waals surface area contributed by atoms with Crippen LogP contribution < -0.4 is 0 Å². The van der Waals surface area contributed by atoms with E-state index in [1.54, 1.807) is 18.2 Å². The number of fused-ring (bicyclic) bond motifs is 1. The summed E-state index contributed by atoms with van der Waals surface area (Å²) in [7, 11) is 0. The van der Waals surface area contributed by atoms with Gasteiger partial charge in [0.2, 0.25) is 0 Å². The molecule has 3 heteroatoms. The number of nitrogens with zero attached hydrogens (tertiary/aromatic N) is 1. The van der Waals surface area contributed by atoms with Crippen LogP contribution in [0.2, 0.25) is 0 Å². The van der Waals surface area contributed by atoms with Crippen molar-refractivity contribution in [1.82, 2.24) is 5.06 Å². The van der Waals surface area contributed by atoms with E-state index >= 15 is 0 Å². The van der Waals surface area contributed by atoms with Crippen molar-refractivity contribution in [3.63, 3.8) is 0 Å². The second-order valence-corrected chi connectivity index (χ2v) is 4.10. The molecule has 1 aliphatic heterocycles. The maximum absolute atomic E-state index is 11.8. The van der Waals surface area contributed by atoms with E-state index in [1.807, 2.05) is 42.5 Å². The third-order valence-electron chi connectivity index (χ3n) is 2.96. The average molecular weight is 237 g/mol. The van der Waals surface area contributed by atoms with Crippen molar-refractivity contribution in [2.45, 2.75) is 0 Å². The van der Waals surface area contributed by atoms with Gasteiger partial charge >= 0.3 is 0 Å². The zero-order valence-corrected chi connectivity index (χ0v) is 9.58. The number of carbonyl (C=O) groups is 1. The largest absolute Gasteiger partial charge is 0.282 e. The molecule has 0 aromatic heterocycles. The second kappa shape index (κ2) is 4.13. The van der Waals surface area contributed by atoms with E-state index in [2.05, 4.69) is 0 Å². The molecule has 18 heavy (non-hydrogen) atoms. The zero-order valence-electron chi connectivity index (χ0n) is 9.58. The number of rotatable bonds is 1. The first-order valence-corrected chi connectivity index (χ1v) is 5.67. The fraction of sp³-hybridized carbons (Fsp3) is 0. The predicted octanol–water partition coefficient (Wildman–Crippen LogP) is 3.03. The molecular formula is C15H11NO2. The van der Waals surface area contributed by atoms with Gasteiger partial charge in [0, 0.05) is 5.56 Å². The quantitative estimate of drug-likeness (QED) is 0.774. The van der Waals surface area contributed by atoms with Crippen LogP contribution in [0.5, 0.6) is 0 Å². The molecule has 0 saturated carbocycles. The van der Waals surface area contributed by atoms with Gasteiger partial charge in [-0.3, -0.25) is 10.0 Å². The minimum atomic E-state index is -0.382. The topological polar surface area (TPSA) is 40.5 Å². The number of carbonyl (C=O) groups excluding carboxylic acids is 1. The van der Waals surface area contributed by atoms with E-state index < -0.39 is 0 Å². The fourth-order valence-corrected chi connectivity index (χ4v) is 2.08. The molecule has 0 radical (unpaired) electrons. The van der Waals surface area contributed by atoms with Crippen LogP contribution in [0, 0.1) is 0 Å². The first-order valence-electron chi connectivity index (χ1n) is 5.67. The summed E-state index contributed by atoms with van der Waals surface area (Å²) < 4.78 is 0. The maximum atomic E-state index is 11.8. The van der Waals surface area contributed by atoms with Crippen LogP contribution in [0.4, 0.5) is 0 Å². The molecule has 0 saturated heterocycles. The molecule has 0 fully saturated rings. The van der Waals surface area contributed by atoms with Crippen molar-refractivity contribution in [3.05, 3.63) is 71.3 Å². The molecular weight excluding hydrogens is 226 g/mol. The van der Waals surface area contributed by atoms with Gasteiger partial charge in [-0.25, -0.2) is 0 Å². The summed E-state index contributed by atoms with van der Waals surface area (Å²) in [6.07, 6.45) is 1.80. The Morgan fingerprint density at radius 3 is 2.22 bits per heavy atom. The van der Waals surface area contributed by atoms with Crippen LogP contribution in [-0.4, -0.2) is 16.2 Å².